The zero-order chi connectivity index (χ0) is 14.6. The Morgan fingerprint density at radius 2 is 1.61 bits per heavy atom. The van der Waals surface area contributed by atoms with Crippen LogP contribution in [0.25, 0.3) is 0 Å². The minimum atomic E-state index is -5.69. The van der Waals surface area contributed by atoms with E-state index in [2.05, 4.69) is 0 Å². The summed E-state index contributed by atoms with van der Waals surface area (Å²) in [4.78, 5) is 10.9. The molecule has 18 heavy (non-hydrogen) atoms. The highest BCUT2D eigenvalue weighted by molar-refractivity contribution is 5.80. The number of alkyl halides is 6. The maximum absolute atomic E-state index is 12.1. The second-order valence-electron chi connectivity index (χ2n) is 3.66. The van der Waals surface area contributed by atoms with Crippen molar-refractivity contribution < 1.29 is 36.2 Å². The number of carbonyl (C=O) groups is 1. The predicted octanol–water partition coefficient (Wildman–Crippen LogP) is 2.00. The molecule has 1 unspecified atom stereocenters. The lowest BCUT2D eigenvalue weighted by molar-refractivity contribution is -0.274. The maximum Gasteiger partial charge on any atom is 0.409 e. The van der Waals surface area contributed by atoms with Crippen LogP contribution in [0.1, 0.15) is 19.8 Å². The number of aliphatic hydroxyl groups excluding tert-OH is 1. The molecule has 0 aliphatic heterocycles. The third-order valence-corrected chi connectivity index (χ3v) is 2.16. The first-order valence-electron chi connectivity index (χ1n) is 5.09. The van der Waals surface area contributed by atoms with Crippen LogP contribution in [0.3, 0.4) is 0 Å². The molecule has 2 N–H and O–H groups in total. The predicted molar refractivity (Wildman–Crippen MR) is 49.5 cm³/mol. The van der Waals surface area contributed by atoms with Crippen LogP contribution in [0.15, 0.2) is 0 Å². The molecule has 0 heterocycles. The molecule has 0 aliphatic carbocycles. The van der Waals surface area contributed by atoms with Crippen LogP contribution in [0, 0.1) is 5.92 Å². The number of amides is 1. The largest absolute Gasteiger partial charge is 0.409 e. The first-order chi connectivity index (χ1) is 8.00. The SMILES string of the molecule is CCC(O)CCNC(=O)C(C(F)(F)F)C(F)(F)F. The van der Waals surface area contributed by atoms with E-state index in [0.717, 1.165) is 0 Å². The molecule has 0 radical (unpaired) electrons. The van der Waals surface area contributed by atoms with Crippen LogP contribution in [-0.4, -0.2) is 36.0 Å². The standard InChI is InChI=1S/C9H13F6NO2/c1-2-5(17)3-4-16-7(18)6(8(10,11)12)9(13,14)15/h5-6,17H,2-4H2,1H3,(H,16,18). The van der Waals surface area contributed by atoms with E-state index in [1.165, 1.54) is 5.32 Å². The van der Waals surface area contributed by atoms with Gasteiger partial charge in [0, 0.05) is 6.54 Å². The van der Waals surface area contributed by atoms with Gasteiger partial charge in [0.1, 0.15) is 0 Å². The molecule has 0 bridgehead atoms. The van der Waals surface area contributed by atoms with Gasteiger partial charge in [-0.2, -0.15) is 26.3 Å². The lowest BCUT2D eigenvalue weighted by Gasteiger charge is -2.22. The third kappa shape index (κ3) is 5.56. The quantitative estimate of drug-likeness (QED) is 0.757. The van der Waals surface area contributed by atoms with E-state index in [-0.39, 0.29) is 12.8 Å². The fraction of sp³-hybridized carbons (Fsp3) is 0.889. The highest BCUT2D eigenvalue weighted by Crippen LogP contribution is 2.39. The summed E-state index contributed by atoms with van der Waals surface area (Å²) < 4.78 is 72.5. The topological polar surface area (TPSA) is 49.3 Å². The zero-order valence-corrected chi connectivity index (χ0v) is 9.40. The lowest BCUT2D eigenvalue weighted by atomic mass is 10.1. The Balaban J connectivity index is 4.52. The highest BCUT2D eigenvalue weighted by atomic mass is 19.4. The van der Waals surface area contributed by atoms with E-state index in [1.807, 2.05) is 0 Å². The van der Waals surface area contributed by atoms with Gasteiger partial charge in [-0.15, -0.1) is 0 Å². The second kappa shape index (κ2) is 6.26. The van der Waals surface area contributed by atoms with Gasteiger partial charge >= 0.3 is 12.4 Å². The van der Waals surface area contributed by atoms with Crippen molar-refractivity contribution in [3.05, 3.63) is 0 Å². The molecule has 0 saturated heterocycles. The van der Waals surface area contributed by atoms with Gasteiger partial charge in [-0.3, -0.25) is 4.79 Å². The summed E-state index contributed by atoms with van der Waals surface area (Å²) in [5, 5.41) is 10.6. The van der Waals surface area contributed by atoms with Gasteiger partial charge in [-0.05, 0) is 12.8 Å². The van der Waals surface area contributed by atoms with E-state index in [1.54, 1.807) is 6.92 Å². The molecule has 0 fully saturated rings. The number of aliphatic hydroxyl groups is 1. The zero-order valence-electron chi connectivity index (χ0n) is 9.40. The van der Waals surface area contributed by atoms with Crippen LogP contribution in [0.5, 0.6) is 0 Å². The first-order valence-corrected chi connectivity index (χ1v) is 5.09. The Hall–Kier alpha value is -0.990. The molecule has 1 amide bonds. The van der Waals surface area contributed by atoms with Gasteiger partial charge in [-0.25, -0.2) is 0 Å². The first kappa shape index (κ1) is 17.0. The van der Waals surface area contributed by atoms with Gasteiger partial charge in [0.2, 0.25) is 11.8 Å². The molecule has 0 saturated carbocycles. The van der Waals surface area contributed by atoms with Crippen LogP contribution in [0.4, 0.5) is 26.3 Å². The lowest BCUT2D eigenvalue weighted by Crippen LogP contribution is -2.48. The Morgan fingerprint density at radius 3 is 1.94 bits per heavy atom. The molecule has 0 aromatic rings. The van der Waals surface area contributed by atoms with Crippen molar-refractivity contribution >= 4 is 5.91 Å². The summed E-state index contributed by atoms with van der Waals surface area (Å²) in [7, 11) is 0. The second-order valence-corrected chi connectivity index (χ2v) is 3.66. The summed E-state index contributed by atoms with van der Waals surface area (Å²) in [6.45, 7) is 1.14. The van der Waals surface area contributed by atoms with Crippen molar-refractivity contribution in [1.29, 1.82) is 0 Å². The minimum Gasteiger partial charge on any atom is -0.393 e. The summed E-state index contributed by atoms with van der Waals surface area (Å²) in [6, 6.07) is 0. The average Bonchev–Trinajstić information content (AvgIpc) is 2.12. The van der Waals surface area contributed by atoms with Gasteiger partial charge in [0.25, 0.3) is 0 Å². The van der Waals surface area contributed by atoms with E-state index >= 15 is 0 Å². The molecule has 3 nitrogen and oxygen atoms in total. The number of hydrogen-bond donors (Lipinski definition) is 2. The fourth-order valence-corrected chi connectivity index (χ4v) is 1.15. The summed E-state index contributed by atoms with van der Waals surface area (Å²) >= 11 is 0. The Kier molecular flexibility index (Phi) is 5.91. The number of rotatable bonds is 5. The maximum atomic E-state index is 12.1. The van der Waals surface area contributed by atoms with Crippen molar-refractivity contribution in [3.63, 3.8) is 0 Å². The smallest absolute Gasteiger partial charge is 0.393 e. The average molecular weight is 281 g/mol. The van der Waals surface area contributed by atoms with Crippen LogP contribution in [-0.2, 0) is 4.79 Å². The van der Waals surface area contributed by atoms with E-state index in [0.29, 0.717) is 0 Å². The normalized spacial score (nSPS) is 14.7. The Labute approximate surface area is 99.2 Å². The highest BCUT2D eigenvalue weighted by Gasteiger charge is 2.60. The Bertz CT molecular complexity index is 261. The van der Waals surface area contributed by atoms with Crippen molar-refractivity contribution in [3.8, 4) is 0 Å². The van der Waals surface area contributed by atoms with Crippen LogP contribution >= 0.6 is 0 Å². The molecule has 0 spiro atoms. The summed E-state index contributed by atoms with van der Waals surface area (Å²) in [5.74, 6) is -6.19. The van der Waals surface area contributed by atoms with Gasteiger partial charge in [0.15, 0.2) is 0 Å². The van der Waals surface area contributed by atoms with Gasteiger partial charge in [0.05, 0.1) is 6.10 Å². The summed E-state index contributed by atoms with van der Waals surface area (Å²) in [6.07, 6.45) is -12.1. The molecule has 108 valence electrons. The Morgan fingerprint density at radius 1 is 1.17 bits per heavy atom. The van der Waals surface area contributed by atoms with Gasteiger partial charge < -0.3 is 10.4 Å². The van der Waals surface area contributed by atoms with Gasteiger partial charge in [-0.1, -0.05) is 6.92 Å². The molecule has 9 heteroatoms. The number of hydrogen-bond acceptors (Lipinski definition) is 2. The molecule has 0 aliphatic rings. The summed E-state index contributed by atoms with van der Waals surface area (Å²) in [5.41, 5.74) is 0. The molecule has 0 aromatic carbocycles. The van der Waals surface area contributed by atoms with E-state index < -0.39 is 36.8 Å². The van der Waals surface area contributed by atoms with Crippen molar-refractivity contribution in [2.75, 3.05) is 6.54 Å². The third-order valence-electron chi connectivity index (χ3n) is 2.16. The number of nitrogens with one attached hydrogen (secondary N) is 1. The molecular weight excluding hydrogens is 268 g/mol. The monoisotopic (exact) mass is 281 g/mol. The molecule has 1 atom stereocenters. The van der Waals surface area contributed by atoms with E-state index in [4.69, 9.17) is 5.11 Å². The molecule has 0 rings (SSSR count). The van der Waals surface area contributed by atoms with E-state index in [9.17, 15) is 31.1 Å². The number of halogens is 6. The fourth-order valence-electron chi connectivity index (χ4n) is 1.15. The molecule has 0 aromatic heterocycles. The van der Waals surface area contributed by atoms with Crippen molar-refractivity contribution in [2.45, 2.75) is 38.2 Å². The molecular formula is C9H13F6NO2. The van der Waals surface area contributed by atoms with Crippen LogP contribution in [0.2, 0.25) is 0 Å². The van der Waals surface area contributed by atoms with Crippen LogP contribution < -0.4 is 5.32 Å². The number of carbonyl (C=O) groups excluding carboxylic acids is 1. The van der Waals surface area contributed by atoms with Crippen molar-refractivity contribution in [1.82, 2.24) is 5.32 Å². The minimum absolute atomic E-state index is 0.106. The van der Waals surface area contributed by atoms with Crippen molar-refractivity contribution in [2.24, 2.45) is 5.92 Å².